The second-order valence-corrected chi connectivity index (χ2v) is 5.00. The van der Waals surface area contributed by atoms with E-state index in [1.165, 1.54) is 12.0 Å². The molecule has 0 unspecified atom stereocenters. The molecule has 84 valence electrons. The van der Waals surface area contributed by atoms with Gasteiger partial charge in [-0.05, 0) is 35.0 Å². The van der Waals surface area contributed by atoms with Gasteiger partial charge in [-0.2, -0.15) is 0 Å². The van der Waals surface area contributed by atoms with Gasteiger partial charge >= 0.3 is 5.97 Å². The average molecular weight is 292 g/mol. The molecule has 0 spiro atoms. The highest BCUT2D eigenvalue weighted by Crippen LogP contribution is 2.19. The monoisotopic (exact) mass is 291 g/mol. The number of esters is 1. The number of rotatable bonds is 6. The first-order chi connectivity index (χ1) is 7.22. The zero-order valence-electron chi connectivity index (χ0n) is 8.59. The van der Waals surface area contributed by atoms with Crippen molar-refractivity contribution in [1.29, 1.82) is 0 Å². The van der Waals surface area contributed by atoms with Crippen LogP contribution >= 0.6 is 27.3 Å². The number of hydrogen-bond donors (Lipinski definition) is 1. The maximum absolute atomic E-state index is 10.8. The van der Waals surface area contributed by atoms with Crippen LogP contribution in [-0.2, 0) is 16.1 Å². The quantitative estimate of drug-likeness (QED) is 0.647. The molecular weight excluding hydrogens is 278 g/mol. The van der Waals surface area contributed by atoms with E-state index in [0.717, 1.165) is 24.0 Å². The number of methoxy groups -OCH3 is 1. The molecule has 0 aliphatic heterocycles. The van der Waals surface area contributed by atoms with Gasteiger partial charge in [0.2, 0.25) is 0 Å². The second-order valence-electron chi connectivity index (χ2n) is 3.09. The summed E-state index contributed by atoms with van der Waals surface area (Å²) in [5.74, 6) is -0.143. The molecule has 0 fully saturated rings. The minimum absolute atomic E-state index is 0.143. The van der Waals surface area contributed by atoms with E-state index in [-0.39, 0.29) is 5.97 Å². The molecule has 1 rings (SSSR count). The fraction of sp³-hybridized carbons (Fsp3) is 0.500. The van der Waals surface area contributed by atoms with Crippen LogP contribution in [0.3, 0.4) is 0 Å². The van der Waals surface area contributed by atoms with E-state index in [4.69, 9.17) is 0 Å². The van der Waals surface area contributed by atoms with Gasteiger partial charge in [0.15, 0.2) is 0 Å². The van der Waals surface area contributed by atoms with Gasteiger partial charge in [-0.3, -0.25) is 4.79 Å². The van der Waals surface area contributed by atoms with Gasteiger partial charge in [0.25, 0.3) is 0 Å². The fourth-order valence-corrected chi connectivity index (χ4v) is 2.54. The molecule has 0 saturated carbocycles. The summed E-state index contributed by atoms with van der Waals surface area (Å²) in [5, 5.41) is 5.34. The first-order valence-corrected chi connectivity index (χ1v) is 6.40. The van der Waals surface area contributed by atoms with Crippen LogP contribution in [0, 0.1) is 0 Å². The van der Waals surface area contributed by atoms with Crippen molar-refractivity contribution in [2.75, 3.05) is 13.7 Å². The molecule has 0 aliphatic rings. The van der Waals surface area contributed by atoms with Crippen LogP contribution in [0.25, 0.3) is 0 Å². The summed E-state index contributed by atoms with van der Waals surface area (Å²) in [6.07, 6.45) is 1.30. The van der Waals surface area contributed by atoms with Crippen molar-refractivity contribution < 1.29 is 9.53 Å². The minimum Gasteiger partial charge on any atom is -0.469 e. The largest absolute Gasteiger partial charge is 0.469 e. The molecule has 1 aromatic heterocycles. The molecule has 0 aromatic carbocycles. The third-order valence-electron chi connectivity index (χ3n) is 1.88. The number of carbonyl (C=O) groups is 1. The van der Waals surface area contributed by atoms with Crippen LogP contribution in [0.4, 0.5) is 0 Å². The number of ether oxygens (including phenoxy) is 1. The third-order valence-corrected chi connectivity index (χ3v) is 3.58. The van der Waals surface area contributed by atoms with Gasteiger partial charge in [-0.1, -0.05) is 0 Å². The molecule has 5 heteroatoms. The van der Waals surface area contributed by atoms with Crippen LogP contribution in [0.2, 0.25) is 0 Å². The van der Waals surface area contributed by atoms with E-state index >= 15 is 0 Å². The standard InChI is InChI=1S/C10H14BrNO2S/c1-14-10(13)3-2-4-12-6-9-5-8(11)7-15-9/h5,7,12H,2-4,6H2,1H3. The lowest BCUT2D eigenvalue weighted by molar-refractivity contribution is -0.140. The highest BCUT2D eigenvalue weighted by Gasteiger charge is 2.00. The maximum atomic E-state index is 10.8. The van der Waals surface area contributed by atoms with Crippen molar-refractivity contribution in [3.05, 3.63) is 20.8 Å². The van der Waals surface area contributed by atoms with Gasteiger partial charge in [0.05, 0.1) is 7.11 Å². The second kappa shape index (κ2) is 6.98. The number of carbonyl (C=O) groups excluding carboxylic acids is 1. The number of thiophene rings is 1. The van der Waals surface area contributed by atoms with Gasteiger partial charge < -0.3 is 10.1 Å². The lowest BCUT2D eigenvalue weighted by Crippen LogP contribution is -2.15. The Balaban J connectivity index is 2.05. The van der Waals surface area contributed by atoms with Crippen LogP contribution in [-0.4, -0.2) is 19.6 Å². The lowest BCUT2D eigenvalue weighted by atomic mass is 10.3. The Morgan fingerprint density at radius 2 is 2.47 bits per heavy atom. The smallest absolute Gasteiger partial charge is 0.305 e. The molecular formula is C10H14BrNO2S. The first kappa shape index (κ1) is 12.7. The summed E-state index contributed by atoms with van der Waals surface area (Å²) in [7, 11) is 1.42. The van der Waals surface area contributed by atoms with Crippen molar-refractivity contribution in [3.8, 4) is 0 Å². The molecule has 15 heavy (non-hydrogen) atoms. The van der Waals surface area contributed by atoms with E-state index in [2.05, 4.69) is 37.4 Å². The molecule has 0 bridgehead atoms. The van der Waals surface area contributed by atoms with Crippen molar-refractivity contribution in [2.45, 2.75) is 19.4 Å². The molecule has 0 aliphatic carbocycles. The predicted octanol–water partition coefficient (Wildman–Crippen LogP) is 2.55. The van der Waals surface area contributed by atoms with Crippen LogP contribution in [0.1, 0.15) is 17.7 Å². The van der Waals surface area contributed by atoms with Gasteiger partial charge in [0.1, 0.15) is 0 Å². The molecule has 0 radical (unpaired) electrons. The van der Waals surface area contributed by atoms with Crippen molar-refractivity contribution in [2.24, 2.45) is 0 Å². The predicted molar refractivity (Wildman–Crippen MR) is 65.0 cm³/mol. The highest BCUT2D eigenvalue weighted by atomic mass is 79.9. The van der Waals surface area contributed by atoms with E-state index in [1.807, 2.05) is 0 Å². The summed E-state index contributed by atoms with van der Waals surface area (Å²) in [6.45, 7) is 1.70. The Labute approximate surface area is 102 Å². The Morgan fingerprint density at radius 3 is 3.07 bits per heavy atom. The van der Waals surface area contributed by atoms with E-state index < -0.39 is 0 Å². The number of halogens is 1. The van der Waals surface area contributed by atoms with E-state index in [9.17, 15) is 4.79 Å². The van der Waals surface area contributed by atoms with Crippen LogP contribution in [0.5, 0.6) is 0 Å². The number of hydrogen-bond acceptors (Lipinski definition) is 4. The van der Waals surface area contributed by atoms with Gasteiger partial charge in [0, 0.05) is 27.7 Å². The summed E-state index contributed by atoms with van der Waals surface area (Å²) in [4.78, 5) is 12.1. The van der Waals surface area contributed by atoms with Gasteiger partial charge in [-0.25, -0.2) is 0 Å². The lowest BCUT2D eigenvalue weighted by Gasteiger charge is -2.01. The highest BCUT2D eigenvalue weighted by molar-refractivity contribution is 9.10. The maximum Gasteiger partial charge on any atom is 0.305 e. The summed E-state index contributed by atoms with van der Waals surface area (Å²) in [6, 6.07) is 2.10. The third kappa shape index (κ3) is 5.30. The normalized spacial score (nSPS) is 10.3. The van der Waals surface area contributed by atoms with E-state index in [0.29, 0.717) is 6.42 Å². The Morgan fingerprint density at radius 1 is 1.67 bits per heavy atom. The Bertz CT molecular complexity index is 314. The zero-order valence-corrected chi connectivity index (χ0v) is 11.0. The van der Waals surface area contributed by atoms with Crippen LogP contribution < -0.4 is 5.32 Å². The molecule has 1 aromatic rings. The van der Waals surface area contributed by atoms with Gasteiger partial charge in [-0.15, -0.1) is 11.3 Å². The SMILES string of the molecule is COC(=O)CCCNCc1cc(Br)cs1. The summed E-state index contributed by atoms with van der Waals surface area (Å²) < 4.78 is 5.67. The molecule has 3 nitrogen and oxygen atoms in total. The first-order valence-electron chi connectivity index (χ1n) is 4.73. The molecule has 1 N–H and O–H groups in total. The molecule has 0 atom stereocenters. The van der Waals surface area contributed by atoms with Crippen molar-refractivity contribution in [1.82, 2.24) is 5.32 Å². The Hall–Kier alpha value is -0.390. The minimum atomic E-state index is -0.143. The number of nitrogens with one attached hydrogen (secondary N) is 1. The fourth-order valence-electron chi connectivity index (χ4n) is 1.12. The molecule has 1 heterocycles. The van der Waals surface area contributed by atoms with Crippen molar-refractivity contribution in [3.63, 3.8) is 0 Å². The summed E-state index contributed by atoms with van der Waals surface area (Å²) >= 11 is 5.12. The topological polar surface area (TPSA) is 38.3 Å². The molecule has 0 amide bonds. The Kier molecular flexibility index (Phi) is 5.90. The van der Waals surface area contributed by atoms with Crippen molar-refractivity contribution >= 4 is 33.2 Å². The van der Waals surface area contributed by atoms with Crippen LogP contribution in [0.15, 0.2) is 15.9 Å². The zero-order chi connectivity index (χ0) is 11.1. The average Bonchev–Trinajstić information content (AvgIpc) is 2.63. The summed E-state index contributed by atoms with van der Waals surface area (Å²) in [5.41, 5.74) is 0. The molecule has 0 saturated heterocycles. The van der Waals surface area contributed by atoms with E-state index in [1.54, 1.807) is 11.3 Å².